The van der Waals surface area contributed by atoms with Gasteiger partial charge >= 0.3 is 11.9 Å². The lowest BCUT2D eigenvalue weighted by Crippen LogP contribution is -2.25. The van der Waals surface area contributed by atoms with Crippen LogP contribution in [0, 0.1) is 0 Å². The number of rotatable bonds is 4. The number of carbonyl (C=O) groups is 3. The number of hydrogen-bond acceptors (Lipinski definition) is 5. The Morgan fingerprint density at radius 2 is 1.60 bits per heavy atom. The quantitative estimate of drug-likeness (QED) is 0.514. The Labute approximate surface area is 88.7 Å². The van der Waals surface area contributed by atoms with Crippen molar-refractivity contribution in [2.24, 2.45) is 0 Å². The molecular formula is C10H16O5. The summed E-state index contributed by atoms with van der Waals surface area (Å²) in [5, 5.41) is 0. The van der Waals surface area contributed by atoms with E-state index < -0.39 is 23.3 Å². The summed E-state index contributed by atoms with van der Waals surface area (Å²) in [6.45, 7) is 5.19. The van der Waals surface area contributed by atoms with E-state index in [9.17, 15) is 14.4 Å². The molecule has 5 nitrogen and oxygen atoms in total. The maximum Gasteiger partial charge on any atom is 0.374 e. The molecule has 0 spiro atoms. The molecule has 0 N–H and O–H groups in total. The molecule has 0 heterocycles. The molecule has 86 valence electrons. The van der Waals surface area contributed by atoms with Gasteiger partial charge in [-0.25, -0.2) is 4.79 Å². The van der Waals surface area contributed by atoms with Crippen molar-refractivity contribution < 1.29 is 23.9 Å². The van der Waals surface area contributed by atoms with Gasteiger partial charge in [0.25, 0.3) is 0 Å². The van der Waals surface area contributed by atoms with Crippen LogP contribution in [0.2, 0.25) is 0 Å². The van der Waals surface area contributed by atoms with Gasteiger partial charge in [0.2, 0.25) is 5.78 Å². The largest absolute Gasteiger partial charge is 0.463 e. The van der Waals surface area contributed by atoms with Gasteiger partial charge in [-0.05, 0) is 20.8 Å². The van der Waals surface area contributed by atoms with Gasteiger partial charge in [-0.15, -0.1) is 0 Å². The molecule has 0 aliphatic carbocycles. The zero-order valence-corrected chi connectivity index (χ0v) is 9.46. The summed E-state index contributed by atoms with van der Waals surface area (Å²) in [4.78, 5) is 32.8. The summed E-state index contributed by atoms with van der Waals surface area (Å²) >= 11 is 0. The topological polar surface area (TPSA) is 69.7 Å². The average molecular weight is 216 g/mol. The first kappa shape index (κ1) is 13.6. The summed E-state index contributed by atoms with van der Waals surface area (Å²) < 4.78 is 9.16. The van der Waals surface area contributed by atoms with Crippen LogP contribution >= 0.6 is 0 Å². The molecule has 0 saturated carbocycles. The van der Waals surface area contributed by atoms with Crippen molar-refractivity contribution in [3.8, 4) is 0 Å². The van der Waals surface area contributed by atoms with Crippen LogP contribution in [0.5, 0.6) is 0 Å². The van der Waals surface area contributed by atoms with Crippen molar-refractivity contribution in [3.05, 3.63) is 0 Å². The first-order chi connectivity index (χ1) is 6.76. The van der Waals surface area contributed by atoms with Crippen LogP contribution in [0.4, 0.5) is 0 Å². The highest BCUT2D eigenvalue weighted by Crippen LogP contribution is 2.09. The third-order valence-electron chi connectivity index (χ3n) is 1.39. The van der Waals surface area contributed by atoms with Crippen molar-refractivity contribution >= 4 is 17.7 Å². The van der Waals surface area contributed by atoms with Gasteiger partial charge in [-0.3, -0.25) is 9.59 Å². The highest BCUT2D eigenvalue weighted by Gasteiger charge is 2.19. The van der Waals surface area contributed by atoms with Crippen molar-refractivity contribution in [1.29, 1.82) is 0 Å². The first-order valence-electron chi connectivity index (χ1n) is 4.59. The molecule has 0 aromatic carbocycles. The van der Waals surface area contributed by atoms with Crippen LogP contribution in [0.15, 0.2) is 0 Å². The van der Waals surface area contributed by atoms with E-state index in [1.165, 1.54) is 0 Å². The molecular weight excluding hydrogens is 200 g/mol. The summed E-state index contributed by atoms with van der Waals surface area (Å²) in [5.74, 6) is -2.15. The summed E-state index contributed by atoms with van der Waals surface area (Å²) in [5.41, 5.74) is -0.578. The van der Waals surface area contributed by atoms with Crippen molar-refractivity contribution in [2.45, 2.75) is 39.2 Å². The molecule has 5 heteroatoms. The van der Waals surface area contributed by atoms with Crippen molar-refractivity contribution in [3.63, 3.8) is 0 Å². The lowest BCUT2D eigenvalue weighted by molar-refractivity contribution is -0.157. The minimum atomic E-state index is -0.932. The first-order valence-corrected chi connectivity index (χ1v) is 4.59. The van der Waals surface area contributed by atoms with E-state index >= 15 is 0 Å². The number of ether oxygens (including phenoxy) is 2. The van der Waals surface area contributed by atoms with Gasteiger partial charge in [0.05, 0.1) is 13.5 Å². The van der Waals surface area contributed by atoms with Crippen LogP contribution in [0.3, 0.4) is 0 Å². The normalized spacial score (nSPS) is 10.7. The smallest absolute Gasteiger partial charge is 0.374 e. The van der Waals surface area contributed by atoms with Gasteiger partial charge in [0.1, 0.15) is 5.60 Å². The van der Waals surface area contributed by atoms with E-state index in [2.05, 4.69) is 4.74 Å². The molecule has 0 radical (unpaired) electrons. The number of carbonyl (C=O) groups excluding carboxylic acids is 3. The van der Waals surface area contributed by atoms with Gasteiger partial charge in [-0.2, -0.15) is 0 Å². The predicted molar refractivity (Wildman–Crippen MR) is 52.1 cm³/mol. The Hall–Kier alpha value is -1.39. The third-order valence-corrected chi connectivity index (χ3v) is 1.39. The van der Waals surface area contributed by atoms with Crippen LogP contribution in [0.25, 0.3) is 0 Å². The van der Waals surface area contributed by atoms with E-state index in [1.807, 2.05) is 0 Å². The SMILES string of the molecule is COC(=O)C(=O)CCC(=O)OC(C)(C)C. The highest BCUT2D eigenvalue weighted by atomic mass is 16.6. The molecule has 0 bridgehead atoms. The van der Waals surface area contributed by atoms with Gasteiger partial charge in [0, 0.05) is 6.42 Å². The Kier molecular flexibility index (Phi) is 4.97. The fourth-order valence-corrected chi connectivity index (χ4v) is 0.824. The second-order valence-corrected chi connectivity index (χ2v) is 4.00. The van der Waals surface area contributed by atoms with E-state index in [0.29, 0.717) is 0 Å². The molecule has 15 heavy (non-hydrogen) atoms. The van der Waals surface area contributed by atoms with Gasteiger partial charge in [0.15, 0.2) is 0 Å². The molecule has 0 aliphatic heterocycles. The number of Topliss-reactive ketones (excluding diaryl/α,β-unsaturated/α-hetero) is 1. The summed E-state index contributed by atoms with van der Waals surface area (Å²) in [7, 11) is 1.12. The molecule has 0 aromatic heterocycles. The molecule has 0 atom stereocenters. The molecule has 0 rings (SSSR count). The minimum absolute atomic E-state index is 0.106. The highest BCUT2D eigenvalue weighted by molar-refractivity contribution is 6.33. The average Bonchev–Trinajstić information content (AvgIpc) is 2.10. The van der Waals surface area contributed by atoms with E-state index in [4.69, 9.17) is 4.74 Å². The molecule has 0 aromatic rings. The zero-order valence-electron chi connectivity index (χ0n) is 9.46. The molecule has 0 aliphatic rings. The molecule has 0 fully saturated rings. The number of hydrogen-bond donors (Lipinski definition) is 0. The van der Waals surface area contributed by atoms with Gasteiger partial charge in [-0.1, -0.05) is 0 Å². The van der Waals surface area contributed by atoms with Crippen molar-refractivity contribution in [1.82, 2.24) is 0 Å². The monoisotopic (exact) mass is 216 g/mol. The van der Waals surface area contributed by atoms with Crippen molar-refractivity contribution in [2.75, 3.05) is 7.11 Å². The Balaban J connectivity index is 3.92. The standard InChI is InChI=1S/C10H16O5/c1-10(2,3)15-8(12)6-5-7(11)9(13)14-4/h5-6H2,1-4H3. The maximum atomic E-state index is 11.1. The summed E-state index contributed by atoms with van der Waals surface area (Å²) in [6.07, 6.45) is -0.285. The number of esters is 2. The Morgan fingerprint density at radius 3 is 2.00 bits per heavy atom. The lowest BCUT2D eigenvalue weighted by Gasteiger charge is -2.19. The Morgan fingerprint density at radius 1 is 1.07 bits per heavy atom. The van der Waals surface area contributed by atoms with E-state index in [0.717, 1.165) is 7.11 Å². The fourth-order valence-electron chi connectivity index (χ4n) is 0.824. The lowest BCUT2D eigenvalue weighted by atomic mass is 10.2. The fraction of sp³-hybridized carbons (Fsp3) is 0.700. The molecule has 0 saturated heterocycles. The number of ketones is 1. The summed E-state index contributed by atoms with van der Waals surface area (Å²) in [6, 6.07) is 0. The van der Waals surface area contributed by atoms with Crippen LogP contribution < -0.4 is 0 Å². The Bertz CT molecular complexity index is 261. The number of methoxy groups -OCH3 is 1. The van der Waals surface area contributed by atoms with Gasteiger partial charge < -0.3 is 9.47 Å². The van der Waals surface area contributed by atoms with E-state index in [1.54, 1.807) is 20.8 Å². The predicted octanol–water partition coefficient (Wildman–Crippen LogP) is 0.850. The second kappa shape index (κ2) is 5.48. The van der Waals surface area contributed by atoms with Crippen LogP contribution in [0.1, 0.15) is 33.6 Å². The zero-order chi connectivity index (χ0) is 12.1. The third kappa shape index (κ3) is 6.65. The van der Waals surface area contributed by atoms with E-state index in [-0.39, 0.29) is 12.8 Å². The molecule has 0 unspecified atom stereocenters. The minimum Gasteiger partial charge on any atom is -0.463 e. The van der Waals surface area contributed by atoms with Crippen LogP contribution in [-0.4, -0.2) is 30.4 Å². The van der Waals surface area contributed by atoms with Crippen LogP contribution in [-0.2, 0) is 23.9 Å². The molecule has 0 amide bonds. The maximum absolute atomic E-state index is 11.1. The second-order valence-electron chi connectivity index (χ2n) is 4.00.